The Labute approximate surface area is 153 Å². The highest BCUT2D eigenvalue weighted by Gasteiger charge is 2.16. The maximum Gasteiger partial charge on any atom is 0.271 e. The number of para-hydroxylation sites is 1. The average molecular weight is 375 g/mol. The van der Waals surface area contributed by atoms with Crippen molar-refractivity contribution in [3.8, 4) is 5.75 Å². The van der Waals surface area contributed by atoms with Crippen LogP contribution in [0.5, 0.6) is 5.75 Å². The maximum absolute atomic E-state index is 12.1. The minimum Gasteiger partial charge on any atom is -0.482 e. The third kappa shape index (κ3) is 3.94. The SMILES string of the molecule is C[C@H](NC(=O)COc1ccc([N+](=O)[O-])cc1Cl)c1cc2ccccc2o1. The smallest absolute Gasteiger partial charge is 0.271 e. The van der Waals surface area contributed by atoms with Crippen molar-refractivity contribution in [3.63, 3.8) is 0 Å². The first-order valence-electron chi connectivity index (χ1n) is 7.78. The van der Waals surface area contributed by atoms with Gasteiger partial charge in [0.1, 0.15) is 17.1 Å². The fourth-order valence-electron chi connectivity index (χ4n) is 2.43. The number of hydrogen-bond donors (Lipinski definition) is 1. The van der Waals surface area contributed by atoms with E-state index in [0.29, 0.717) is 5.76 Å². The maximum atomic E-state index is 12.1. The Balaban J connectivity index is 1.59. The van der Waals surface area contributed by atoms with E-state index in [9.17, 15) is 14.9 Å². The molecule has 134 valence electrons. The van der Waals surface area contributed by atoms with Crippen molar-refractivity contribution in [3.05, 3.63) is 69.4 Å². The lowest BCUT2D eigenvalue weighted by molar-refractivity contribution is -0.384. The van der Waals surface area contributed by atoms with Crippen LogP contribution < -0.4 is 10.1 Å². The summed E-state index contributed by atoms with van der Waals surface area (Å²) >= 11 is 5.93. The predicted octanol–water partition coefficient (Wildman–Crippen LogP) is 4.25. The van der Waals surface area contributed by atoms with Gasteiger partial charge in [-0.1, -0.05) is 29.8 Å². The van der Waals surface area contributed by atoms with E-state index in [4.69, 9.17) is 20.8 Å². The minimum atomic E-state index is -0.558. The molecule has 0 saturated heterocycles. The Morgan fingerprint density at radius 3 is 2.77 bits per heavy atom. The first kappa shape index (κ1) is 17.8. The van der Waals surface area contributed by atoms with Crippen molar-refractivity contribution < 1.29 is 18.9 Å². The van der Waals surface area contributed by atoms with Crippen molar-refractivity contribution in [1.82, 2.24) is 5.32 Å². The number of hydrogen-bond acceptors (Lipinski definition) is 5. The van der Waals surface area contributed by atoms with Crippen LogP contribution in [0.2, 0.25) is 5.02 Å². The van der Waals surface area contributed by atoms with Crippen LogP contribution in [0, 0.1) is 10.1 Å². The third-order valence-corrected chi connectivity index (χ3v) is 4.03. The second-order valence-electron chi connectivity index (χ2n) is 5.64. The number of carbonyl (C=O) groups excluding carboxylic acids is 1. The van der Waals surface area contributed by atoms with E-state index < -0.39 is 4.92 Å². The van der Waals surface area contributed by atoms with Crippen molar-refractivity contribution in [2.75, 3.05) is 6.61 Å². The largest absolute Gasteiger partial charge is 0.482 e. The summed E-state index contributed by atoms with van der Waals surface area (Å²) < 4.78 is 11.0. The van der Waals surface area contributed by atoms with Gasteiger partial charge in [-0.15, -0.1) is 0 Å². The van der Waals surface area contributed by atoms with Gasteiger partial charge in [-0.2, -0.15) is 0 Å². The summed E-state index contributed by atoms with van der Waals surface area (Å²) in [5.41, 5.74) is 0.600. The van der Waals surface area contributed by atoms with E-state index in [1.165, 1.54) is 18.2 Å². The molecule has 7 nitrogen and oxygen atoms in total. The molecule has 3 aromatic rings. The molecule has 0 aliphatic heterocycles. The number of furan rings is 1. The number of nitro groups is 1. The normalized spacial score (nSPS) is 11.9. The number of carbonyl (C=O) groups is 1. The van der Waals surface area contributed by atoms with Crippen LogP contribution in [0.15, 0.2) is 52.9 Å². The number of nitrogens with one attached hydrogen (secondary N) is 1. The number of amides is 1. The molecule has 1 N–H and O–H groups in total. The predicted molar refractivity (Wildman–Crippen MR) is 96.4 cm³/mol. The zero-order chi connectivity index (χ0) is 18.7. The summed E-state index contributed by atoms with van der Waals surface area (Å²) in [7, 11) is 0. The van der Waals surface area contributed by atoms with Crippen LogP contribution >= 0.6 is 11.6 Å². The topological polar surface area (TPSA) is 94.6 Å². The molecule has 1 amide bonds. The molecule has 26 heavy (non-hydrogen) atoms. The van der Waals surface area contributed by atoms with Crippen molar-refractivity contribution >= 4 is 34.2 Å². The Bertz CT molecular complexity index is 936. The van der Waals surface area contributed by atoms with Crippen LogP contribution in [0.4, 0.5) is 5.69 Å². The Hall–Kier alpha value is -3.06. The number of ether oxygens (including phenoxy) is 1. The molecule has 1 aromatic heterocycles. The number of benzene rings is 2. The molecule has 0 unspecified atom stereocenters. The standard InChI is InChI=1S/C18H15ClN2O5/c1-11(17-8-12-4-2-3-5-15(12)26-17)20-18(22)10-25-16-7-6-13(21(23)24)9-14(16)19/h2-9,11H,10H2,1H3,(H,20,22)/t11-/m0/s1. The summed E-state index contributed by atoms with van der Waals surface area (Å²) in [6, 6.07) is 12.9. The van der Waals surface area contributed by atoms with E-state index in [1.54, 1.807) is 6.92 Å². The second-order valence-corrected chi connectivity index (χ2v) is 6.04. The molecule has 0 bridgehead atoms. The summed E-state index contributed by atoms with van der Waals surface area (Å²) in [4.78, 5) is 22.2. The Morgan fingerprint density at radius 2 is 2.08 bits per heavy atom. The zero-order valence-electron chi connectivity index (χ0n) is 13.8. The minimum absolute atomic E-state index is 0.0670. The van der Waals surface area contributed by atoms with Gasteiger partial charge >= 0.3 is 0 Å². The van der Waals surface area contributed by atoms with Crippen molar-refractivity contribution in [1.29, 1.82) is 0 Å². The van der Waals surface area contributed by atoms with Crippen LogP contribution in [0.1, 0.15) is 18.7 Å². The average Bonchev–Trinajstić information content (AvgIpc) is 3.04. The summed E-state index contributed by atoms with van der Waals surface area (Å²) in [5.74, 6) is 0.462. The molecule has 1 heterocycles. The highest BCUT2D eigenvalue weighted by molar-refractivity contribution is 6.32. The van der Waals surface area contributed by atoms with Crippen LogP contribution in [0.25, 0.3) is 11.0 Å². The molecule has 0 saturated carbocycles. The number of nitro benzene ring substituents is 1. The fourth-order valence-corrected chi connectivity index (χ4v) is 2.66. The number of rotatable bonds is 6. The van der Waals surface area contributed by atoms with Gasteiger partial charge in [0, 0.05) is 17.5 Å². The van der Waals surface area contributed by atoms with Gasteiger partial charge in [-0.05, 0) is 25.1 Å². The Kier molecular flexibility index (Phi) is 5.09. The summed E-state index contributed by atoms with van der Waals surface area (Å²) in [6.07, 6.45) is 0. The Morgan fingerprint density at radius 1 is 1.31 bits per heavy atom. The van der Waals surface area contributed by atoms with E-state index in [1.807, 2.05) is 30.3 Å². The van der Waals surface area contributed by atoms with E-state index in [-0.39, 0.29) is 35.0 Å². The molecule has 0 aliphatic rings. The quantitative estimate of drug-likeness (QED) is 0.514. The molecule has 8 heteroatoms. The number of non-ortho nitro benzene ring substituents is 1. The van der Waals surface area contributed by atoms with Gasteiger partial charge in [-0.3, -0.25) is 14.9 Å². The van der Waals surface area contributed by atoms with Gasteiger partial charge in [0.15, 0.2) is 6.61 Å². The molecule has 0 radical (unpaired) electrons. The van der Waals surface area contributed by atoms with Crippen LogP contribution in [-0.2, 0) is 4.79 Å². The highest BCUT2D eigenvalue weighted by atomic mass is 35.5. The van der Waals surface area contributed by atoms with Crippen LogP contribution in [0.3, 0.4) is 0 Å². The van der Waals surface area contributed by atoms with Gasteiger partial charge in [-0.25, -0.2) is 0 Å². The number of halogens is 1. The molecule has 1 atom stereocenters. The summed E-state index contributed by atoms with van der Waals surface area (Å²) in [5, 5.41) is 14.5. The fraction of sp³-hybridized carbons (Fsp3) is 0.167. The second kappa shape index (κ2) is 7.45. The lowest BCUT2D eigenvalue weighted by Gasteiger charge is -2.12. The van der Waals surface area contributed by atoms with Crippen molar-refractivity contribution in [2.45, 2.75) is 13.0 Å². The molecular weight excluding hydrogens is 360 g/mol. The van der Waals surface area contributed by atoms with E-state index in [2.05, 4.69) is 5.32 Å². The monoisotopic (exact) mass is 374 g/mol. The molecular formula is C18H15ClN2O5. The third-order valence-electron chi connectivity index (χ3n) is 3.73. The molecule has 0 spiro atoms. The number of nitrogens with zero attached hydrogens (tertiary/aromatic N) is 1. The first-order valence-corrected chi connectivity index (χ1v) is 8.16. The molecule has 2 aromatic carbocycles. The van der Waals surface area contributed by atoms with Crippen molar-refractivity contribution in [2.24, 2.45) is 0 Å². The van der Waals surface area contributed by atoms with Gasteiger partial charge < -0.3 is 14.5 Å². The van der Waals surface area contributed by atoms with Gasteiger partial charge in [0.05, 0.1) is 16.0 Å². The molecule has 0 aliphatic carbocycles. The first-order chi connectivity index (χ1) is 12.4. The number of fused-ring (bicyclic) bond motifs is 1. The van der Waals surface area contributed by atoms with Gasteiger partial charge in [0.2, 0.25) is 0 Å². The zero-order valence-corrected chi connectivity index (χ0v) is 14.5. The lowest BCUT2D eigenvalue weighted by Crippen LogP contribution is -2.31. The molecule has 0 fully saturated rings. The summed E-state index contributed by atoms with van der Waals surface area (Å²) in [6.45, 7) is 1.52. The highest BCUT2D eigenvalue weighted by Crippen LogP contribution is 2.28. The van der Waals surface area contributed by atoms with Gasteiger partial charge in [0.25, 0.3) is 11.6 Å². The van der Waals surface area contributed by atoms with Crippen LogP contribution in [-0.4, -0.2) is 17.4 Å². The van der Waals surface area contributed by atoms with E-state index in [0.717, 1.165) is 11.0 Å². The van der Waals surface area contributed by atoms with E-state index >= 15 is 0 Å². The molecule has 3 rings (SSSR count). The lowest BCUT2D eigenvalue weighted by atomic mass is 10.2.